The van der Waals surface area contributed by atoms with Crippen molar-refractivity contribution in [3.63, 3.8) is 0 Å². The predicted octanol–water partition coefficient (Wildman–Crippen LogP) is 3.42. The van der Waals surface area contributed by atoms with Crippen LogP contribution >= 0.6 is 0 Å². The van der Waals surface area contributed by atoms with Crippen LogP contribution in [0.3, 0.4) is 0 Å². The van der Waals surface area contributed by atoms with Gasteiger partial charge in [-0.05, 0) is 62.4 Å². The minimum absolute atomic E-state index is 0.186. The number of rotatable bonds is 8. The molecule has 2 aliphatic heterocycles. The molecule has 8 nitrogen and oxygen atoms in total. The van der Waals surface area contributed by atoms with E-state index in [9.17, 15) is 9.18 Å². The molecule has 4 heterocycles. The highest BCUT2D eigenvalue weighted by molar-refractivity contribution is 5.78. The lowest BCUT2D eigenvalue weighted by molar-refractivity contribution is -0.132. The Hall–Kier alpha value is -3.07. The van der Waals surface area contributed by atoms with Gasteiger partial charge in [-0.15, -0.1) is 10.2 Å². The third kappa shape index (κ3) is 4.93. The zero-order chi connectivity index (χ0) is 25.1. The first-order valence-electron chi connectivity index (χ1n) is 13.2. The first-order chi connectivity index (χ1) is 17.6. The number of ether oxygens (including phenoxy) is 1. The average Bonchev–Trinajstić information content (AvgIpc) is 3.51. The molecule has 0 N–H and O–H groups in total. The maximum Gasteiger partial charge on any atom is 0.236 e. The highest BCUT2D eigenvalue weighted by Gasteiger charge is 2.26. The number of aromatic nitrogens is 4. The van der Waals surface area contributed by atoms with Crippen molar-refractivity contribution in [3.8, 4) is 5.75 Å². The van der Waals surface area contributed by atoms with Gasteiger partial charge < -0.3 is 9.64 Å². The minimum atomic E-state index is -0.186. The van der Waals surface area contributed by atoms with Gasteiger partial charge in [0.2, 0.25) is 5.91 Å². The Morgan fingerprint density at radius 2 is 2.06 bits per heavy atom. The summed E-state index contributed by atoms with van der Waals surface area (Å²) in [7, 11) is 0. The first kappa shape index (κ1) is 24.6. The van der Waals surface area contributed by atoms with Crippen LogP contribution in [0.15, 0.2) is 24.7 Å². The van der Waals surface area contributed by atoms with Gasteiger partial charge in [0, 0.05) is 43.3 Å². The van der Waals surface area contributed by atoms with Crippen LogP contribution in [0.2, 0.25) is 0 Å². The molecule has 0 bridgehead atoms. The van der Waals surface area contributed by atoms with Gasteiger partial charge in [0.25, 0.3) is 0 Å². The first-order valence-corrected chi connectivity index (χ1v) is 13.2. The second-order valence-electron chi connectivity index (χ2n) is 9.73. The molecule has 0 saturated carbocycles. The molecule has 36 heavy (non-hydrogen) atoms. The summed E-state index contributed by atoms with van der Waals surface area (Å²) >= 11 is 0. The molecule has 1 atom stereocenters. The summed E-state index contributed by atoms with van der Waals surface area (Å²) in [6.07, 6.45) is 8.32. The number of amides is 1. The van der Waals surface area contributed by atoms with Gasteiger partial charge in [-0.2, -0.15) is 0 Å². The number of halogens is 1. The van der Waals surface area contributed by atoms with Gasteiger partial charge >= 0.3 is 0 Å². The van der Waals surface area contributed by atoms with Crippen molar-refractivity contribution < 1.29 is 13.9 Å². The van der Waals surface area contributed by atoms with E-state index in [0.29, 0.717) is 26.0 Å². The number of aryl methyl sites for hydroxylation is 1. The van der Waals surface area contributed by atoms with Crippen molar-refractivity contribution in [3.05, 3.63) is 53.0 Å². The van der Waals surface area contributed by atoms with Crippen LogP contribution in [-0.2, 0) is 24.1 Å². The summed E-state index contributed by atoms with van der Waals surface area (Å²) in [5.41, 5.74) is 3.59. The zero-order valence-corrected chi connectivity index (χ0v) is 21.2. The van der Waals surface area contributed by atoms with Crippen molar-refractivity contribution in [1.82, 2.24) is 29.4 Å². The molecular weight excluding hydrogens is 459 g/mol. The topological polar surface area (TPSA) is 75.9 Å². The monoisotopic (exact) mass is 494 g/mol. The van der Waals surface area contributed by atoms with Crippen LogP contribution in [-0.4, -0.2) is 74.6 Å². The molecule has 2 aliphatic rings. The normalized spacial score (nSPS) is 17.9. The number of carbonyl (C=O) groups excluding carboxylic acids is 1. The Balaban J connectivity index is 1.30. The summed E-state index contributed by atoms with van der Waals surface area (Å²) < 4.78 is 22.2. The Labute approximate surface area is 211 Å². The van der Waals surface area contributed by atoms with Gasteiger partial charge in [-0.25, -0.2) is 9.37 Å². The summed E-state index contributed by atoms with van der Waals surface area (Å²) in [6, 6.07) is 3.21. The molecule has 9 heteroatoms. The number of benzene rings is 1. The number of likely N-dealkylation sites (tertiary alicyclic amines) is 1. The average molecular weight is 495 g/mol. The van der Waals surface area contributed by atoms with E-state index in [0.717, 1.165) is 85.8 Å². The summed E-state index contributed by atoms with van der Waals surface area (Å²) in [4.78, 5) is 21.8. The number of likely N-dealkylation sites (N-methyl/N-ethyl adjacent to an activating group) is 1. The standard InChI is InChI=1S/C27H35FN6O2/c1-3-32(4-2)17-26(35)33-13-5-6-19(11-14-33)22-16-29-25(34-18-30-31-27(22)34)10-7-20-21-12-15-36-24(21)9-8-23(20)28/h8-9,16,18-19H,3-7,10-15,17H2,1-2H3. The number of hydrogen-bond donors (Lipinski definition) is 0. The SMILES string of the molecule is CCN(CC)CC(=O)N1CCCC(c2cnc(CCc3c(F)ccc4c3CCO4)n3cnnc23)CC1. The Bertz CT molecular complexity index is 1220. The van der Waals surface area contributed by atoms with Gasteiger partial charge in [-0.1, -0.05) is 13.8 Å². The molecule has 1 saturated heterocycles. The molecule has 192 valence electrons. The number of fused-ring (bicyclic) bond motifs is 2. The van der Waals surface area contributed by atoms with Gasteiger partial charge in [-0.3, -0.25) is 14.1 Å². The number of nitrogens with zero attached hydrogens (tertiary/aromatic N) is 6. The van der Waals surface area contributed by atoms with E-state index in [1.54, 1.807) is 12.4 Å². The third-order valence-corrected chi connectivity index (χ3v) is 7.75. The minimum Gasteiger partial charge on any atom is -0.493 e. The molecule has 0 spiro atoms. The summed E-state index contributed by atoms with van der Waals surface area (Å²) in [5, 5.41) is 8.60. The number of hydrogen-bond acceptors (Lipinski definition) is 6. The summed E-state index contributed by atoms with van der Waals surface area (Å²) in [5.74, 6) is 1.91. The Kier molecular flexibility index (Phi) is 7.46. The second kappa shape index (κ2) is 10.9. The Morgan fingerprint density at radius 1 is 1.19 bits per heavy atom. The molecule has 1 aromatic carbocycles. The van der Waals surface area contributed by atoms with Crippen molar-refractivity contribution in [2.24, 2.45) is 0 Å². The van der Waals surface area contributed by atoms with E-state index in [2.05, 4.69) is 28.9 Å². The quantitative estimate of drug-likeness (QED) is 0.478. The molecule has 3 aromatic rings. The molecule has 5 rings (SSSR count). The fraction of sp³-hybridized carbons (Fsp3) is 0.556. The molecule has 1 fully saturated rings. The van der Waals surface area contributed by atoms with Gasteiger partial charge in [0.1, 0.15) is 23.7 Å². The van der Waals surface area contributed by atoms with Crippen LogP contribution in [0.4, 0.5) is 4.39 Å². The maximum absolute atomic E-state index is 14.6. The van der Waals surface area contributed by atoms with E-state index in [4.69, 9.17) is 9.72 Å². The van der Waals surface area contributed by atoms with Crippen LogP contribution in [0.1, 0.15) is 61.5 Å². The molecule has 2 aromatic heterocycles. The van der Waals surface area contributed by atoms with Crippen molar-refractivity contribution in [2.45, 2.75) is 58.3 Å². The maximum atomic E-state index is 14.6. The molecule has 1 amide bonds. The fourth-order valence-electron chi connectivity index (χ4n) is 5.58. The van der Waals surface area contributed by atoms with E-state index < -0.39 is 0 Å². The van der Waals surface area contributed by atoms with Crippen molar-refractivity contribution in [2.75, 3.05) is 39.3 Å². The van der Waals surface area contributed by atoms with E-state index in [1.165, 1.54) is 6.07 Å². The third-order valence-electron chi connectivity index (χ3n) is 7.75. The fourth-order valence-corrected chi connectivity index (χ4v) is 5.58. The van der Waals surface area contributed by atoms with Crippen molar-refractivity contribution >= 4 is 11.6 Å². The smallest absolute Gasteiger partial charge is 0.236 e. The van der Waals surface area contributed by atoms with Crippen LogP contribution in [0, 0.1) is 5.82 Å². The van der Waals surface area contributed by atoms with E-state index in [-0.39, 0.29) is 17.6 Å². The molecule has 0 aliphatic carbocycles. The lowest BCUT2D eigenvalue weighted by atomic mass is 9.93. The predicted molar refractivity (Wildman–Crippen MR) is 135 cm³/mol. The highest BCUT2D eigenvalue weighted by atomic mass is 19.1. The lowest BCUT2D eigenvalue weighted by Crippen LogP contribution is -2.40. The largest absolute Gasteiger partial charge is 0.493 e. The molecule has 1 unspecified atom stereocenters. The molecular formula is C27H35FN6O2. The van der Waals surface area contributed by atoms with Gasteiger partial charge in [0.05, 0.1) is 13.2 Å². The van der Waals surface area contributed by atoms with E-state index in [1.807, 2.05) is 15.5 Å². The molecule has 0 radical (unpaired) electrons. The van der Waals surface area contributed by atoms with E-state index >= 15 is 0 Å². The van der Waals surface area contributed by atoms with Crippen LogP contribution in [0.5, 0.6) is 5.75 Å². The van der Waals surface area contributed by atoms with Crippen molar-refractivity contribution in [1.29, 1.82) is 0 Å². The Morgan fingerprint density at radius 3 is 2.89 bits per heavy atom. The highest BCUT2D eigenvalue weighted by Crippen LogP contribution is 2.32. The zero-order valence-electron chi connectivity index (χ0n) is 21.2. The summed E-state index contributed by atoms with van der Waals surface area (Å²) in [6.45, 7) is 8.58. The van der Waals surface area contributed by atoms with Crippen LogP contribution in [0.25, 0.3) is 5.65 Å². The van der Waals surface area contributed by atoms with Gasteiger partial charge in [0.15, 0.2) is 5.65 Å². The number of carbonyl (C=O) groups is 1. The second-order valence-corrected chi connectivity index (χ2v) is 9.73. The van der Waals surface area contributed by atoms with Crippen LogP contribution < -0.4 is 4.74 Å². The lowest BCUT2D eigenvalue weighted by Gasteiger charge is -2.25.